The van der Waals surface area contributed by atoms with Crippen molar-refractivity contribution in [2.75, 3.05) is 0 Å². The highest BCUT2D eigenvalue weighted by molar-refractivity contribution is 7.90. The van der Waals surface area contributed by atoms with Gasteiger partial charge in [0.1, 0.15) is 5.82 Å². The molecule has 0 aliphatic carbocycles. The normalized spacial score (nSPS) is 11.6. The summed E-state index contributed by atoms with van der Waals surface area (Å²) in [6.07, 6.45) is 0. The highest BCUT2D eigenvalue weighted by Crippen LogP contribution is 2.14. The van der Waals surface area contributed by atoms with E-state index in [1.54, 1.807) is 0 Å². The van der Waals surface area contributed by atoms with Crippen LogP contribution in [-0.4, -0.2) is 24.5 Å². The van der Waals surface area contributed by atoms with Crippen LogP contribution in [0.4, 0.5) is 4.39 Å². The Labute approximate surface area is 121 Å². The van der Waals surface area contributed by atoms with Crippen LogP contribution in [0.3, 0.4) is 0 Å². The first-order chi connectivity index (χ1) is 9.79. The minimum Gasteiger partial charge on any atom is -0.282 e. The lowest BCUT2D eigenvalue weighted by atomic mass is 10.1. The van der Waals surface area contributed by atoms with Gasteiger partial charge in [-0.25, -0.2) is 17.5 Å². The first-order valence-electron chi connectivity index (χ1n) is 6.17. The van der Waals surface area contributed by atoms with Gasteiger partial charge >= 0.3 is 0 Å². The van der Waals surface area contributed by atoms with E-state index in [0.717, 1.165) is 12.1 Å². The molecule has 0 saturated carbocycles. The van der Waals surface area contributed by atoms with Crippen LogP contribution >= 0.6 is 0 Å². The number of hydrogen-bond acceptors (Lipinski definition) is 4. The van der Waals surface area contributed by atoms with E-state index in [2.05, 4.69) is 10.2 Å². The molecule has 0 radical (unpaired) electrons. The van der Waals surface area contributed by atoms with Gasteiger partial charge in [-0.15, -0.1) is 0 Å². The summed E-state index contributed by atoms with van der Waals surface area (Å²) in [7, 11) is -4.13. The van der Waals surface area contributed by atoms with Crippen LogP contribution in [0.2, 0.25) is 0 Å². The number of H-pyrrole nitrogens is 1. The maximum absolute atomic E-state index is 13.1. The fraction of sp³-hybridized carbons (Fsp3) is 0.231. The molecule has 0 bridgehead atoms. The summed E-state index contributed by atoms with van der Waals surface area (Å²) in [5, 5.41) is 6.41. The number of aromatic nitrogens is 2. The SMILES string of the molecule is CC(C)c1cc(C(=O)NS(=O)(=O)c2cccc(F)c2)n[nH]1. The average Bonchev–Trinajstić information content (AvgIpc) is 2.88. The van der Waals surface area contributed by atoms with Crippen molar-refractivity contribution >= 4 is 15.9 Å². The Bertz CT molecular complexity index is 768. The molecule has 21 heavy (non-hydrogen) atoms. The predicted octanol–water partition coefficient (Wildman–Crippen LogP) is 1.79. The fourth-order valence-corrected chi connectivity index (χ4v) is 2.61. The molecule has 8 heteroatoms. The van der Waals surface area contributed by atoms with Gasteiger partial charge in [0.2, 0.25) is 0 Å². The summed E-state index contributed by atoms with van der Waals surface area (Å²) in [5.41, 5.74) is 0.669. The van der Waals surface area contributed by atoms with E-state index in [9.17, 15) is 17.6 Å². The molecule has 1 amide bonds. The Hall–Kier alpha value is -2.22. The summed E-state index contributed by atoms with van der Waals surface area (Å²) in [6.45, 7) is 3.80. The minimum absolute atomic E-state index is 0.0429. The molecule has 0 atom stereocenters. The first-order valence-corrected chi connectivity index (χ1v) is 7.66. The summed E-state index contributed by atoms with van der Waals surface area (Å²) >= 11 is 0. The van der Waals surface area contributed by atoms with Crippen molar-refractivity contribution in [1.82, 2.24) is 14.9 Å². The molecular formula is C13H14FN3O3S. The van der Waals surface area contributed by atoms with Gasteiger partial charge in [-0.2, -0.15) is 5.10 Å². The van der Waals surface area contributed by atoms with Crippen molar-refractivity contribution in [1.29, 1.82) is 0 Å². The number of amides is 1. The van der Waals surface area contributed by atoms with Crippen LogP contribution in [0.1, 0.15) is 35.9 Å². The van der Waals surface area contributed by atoms with Crippen molar-refractivity contribution in [2.45, 2.75) is 24.7 Å². The standard InChI is InChI=1S/C13H14FN3O3S/c1-8(2)11-7-12(16-15-11)13(18)17-21(19,20)10-5-3-4-9(14)6-10/h3-8H,1-2H3,(H,15,16)(H,17,18). The molecular weight excluding hydrogens is 297 g/mol. The third-order valence-electron chi connectivity index (χ3n) is 2.79. The maximum Gasteiger partial charge on any atom is 0.285 e. The van der Waals surface area contributed by atoms with Gasteiger partial charge in [0.05, 0.1) is 4.90 Å². The van der Waals surface area contributed by atoms with Crippen LogP contribution in [0.15, 0.2) is 35.2 Å². The van der Waals surface area contributed by atoms with Crippen molar-refractivity contribution in [2.24, 2.45) is 0 Å². The number of benzene rings is 1. The largest absolute Gasteiger partial charge is 0.285 e. The second-order valence-corrected chi connectivity index (χ2v) is 6.44. The first kappa shape index (κ1) is 15.2. The zero-order valence-corrected chi connectivity index (χ0v) is 12.2. The average molecular weight is 311 g/mol. The Morgan fingerprint density at radius 3 is 2.62 bits per heavy atom. The maximum atomic E-state index is 13.1. The Kier molecular flexibility index (Phi) is 4.08. The topological polar surface area (TPSA) is 91.9 Å². The van der Waals surface area contributed by atoms with Gasteiger partial charge < -0.3 is 0 Å². The Morgan fingerprint density at radius 2 is 2.05 bits per heavy atom. The van der Waals surface area contributed by atoms with E-state index in [1.807, 2.05) is 18.6 Å². The number of hydrogen-bond donors (Lipinski definition) is 2. The predicted molar refractivity (Wildman–Crippen MR) is 73.7 cm³/mol. The molecule has 0 fully saturated rings. The summed E-state index contributed by atoms with van der Waals surface area (Å²) in [4.78, 5) is 11.6. The molecule has 6 nitrogen and oxygen atoms in total. The van der Waals surface area contributed by atoms with Crippen molar-refractivity contribution in [3.63, 3.8) is 0 Å². The van der Waals surface area contributed by atoms with Gasteiger partial charge in [-0.05, 0) is 30.2 Å². The van der Waals surface area contributed by atoms with E-state index in [-0.39, 0.29) is 16.5 Å². The van der Waals surface area contributed by atoms with Crippen LogP contribution in [0.5, 0.6) is 0 Å². The van der Waals surface area contributed by atoms with Gasteiger partial charge in [-0.3, -0.25) is 9.89 Å². The molecule has 0 spiro atoms. The molecule has 2 rings (SSSR count). The fourth-order valence-electron chi connectivity index (χ4n) is 1.62. The van der Waals surface area contributed by atoms with Gasteiger partial charge in [-0.1, -0.05) is 19.9 Å². The lowest BCUT2D eigenvalue weighted by Gasteiger charge is -2.05. The second-order valence-electron chi connectivity index (χ2n) is 4.76. The number of aromatic amines is 1. The molecule has 2 aromatic rings. The van der Waals surface area contributed by atoms with Crippen molar-refractivity contribution in [3.05, 3.63) is 47.5 Å². The van der Waals surface area contributed by atoms with E-state index in [0.29, 0.717) is 5.69 Å². The monoisotopic (exact) mass is 311 g/mol. The second kappa shape index (κ2) is 5.65. The zero-order valence-electron chi connectivity index (χ0n) is 11.4. The van der Waals surface area contributed by atoms with Crippen LogP contribution in [-0.2, 0) is 10.0 Å². The molecule has 1 heterocycles. The van der Waals surface area contributed by atoms with Crippen molar-refractivity contribution in [3.8, 4) is 0 Å². The van der Waals surface area contributed by atoms with E-state index in [4.69, 9.17) is 0 Å². The lowest BCUT2D eigenvalue weighted by molar-refractivity contribution is 0.0976. The third kappa shape index (κ3) is 3.46. The minimum atomic E-state index is -4.13. The molecule has 0 saturated heterocycles. The van der Waals surface area contributed by atoms with E-state index < -0.39 is 21.7 Å². The summed E-state index contributed by atoms with van der Waals surface area (Å²) in [6, 6.07) is 5.87. The van der Waals surface area contributed by atoms with Crippen LogP contribution in [0, 0.1) is 5.82 Å². The van der Waals surface area contributed by atoms with Gasteiger partial charge in [0.15, 0.2) is 5.69 Å². The molecule has 2 N–H and O–H groups in total. The number of rotatable bonds is 4. The highest BCUT2D eigenvalue weighted by atomic mass is 32.2. The zero-order chi connectivity index (χ0) is 15.6. The molecule has 1 aromatic carbocycles. The summed E-state index contributed by atoms with van der Waals surface area (Å²) < 4.78 is 38.9. The quantitative estimate of drug-likeness (QED) is 0.900. The Morgan fingerprint density at radius 1 is 1.33 bits per heavy atom. The highest BCUT2D eigenvalue weighted by Gasteiger charge is 2.21. The number of nitrogens with one attached hydrogen (secondary N) is 2. The lowest BCUT2D eigenvalue weighted by Crippen LogP contribution is -2.30. The molecule has 0 unspecified atom stereocenters. The summed E-state index contributed by atoms with van der Waals surface area (Å²) in [5.74, 6) is -1.45. The number of carbonyl (C=O) groups excluding carboxylic acids is 1. The van der Waals surface area contributed by atoms with Gasteiger partial charge in [0, 0.05) is 5.69 Å². The molecule has 0 aliphatic heterocycles. The van der Waals surface area contributed by atoms with Crippen LogP contribution < -0.4 is 4.72 Å². The van der Waals surface area contributed by atoms with E-state index >= 15 is 0 Å². The smallest absolute Gasteiger partial charge is 0.282 e. The molecule has 1 aromatic heterocycles. The van der Waals surface area contributed by atoms with E-state index in [1.165, 1.54) is 18.2 Å². The number of nitrogens with zero attached hydrogens (tertiary/aromatic N) is 1. The van der Waals surface area contributed by atoms with Crippen LogP contribution in [0.25, 0.3) is 0 Å². The number of halogens is 1. The van der Waals surface area contributed by atoms with Gasteiger partial charge in [0.25, 0.3) is 15.9 Å². The third-order valence-corrected chi connectivity index (χ3v) is 4.11. The Balaban J connectivity index is 2.21. The molecule has 0 aliphatic rings. The molecule has 112 valence electrons. The van der Waals surface area contributed by atoms with Crippen molar-refractivity contribution < 1.29 is 17.6 Å². The number of carbonyl (C=O) groups is 1. The number of sulfonamides is 1.